The number of nitrogens with zero attached hydrogens (tertiary/aromatic N) is 2. The molecule has 1 aliphatic rings. The van der Waals surface area contributed by atoms with E-state index in [1.54, 1.807) is 62.4 Å². The number of para-hydroxylation sites is 3. The third-order valence-electron chi connectivity index (χ3n) is 7.06. The highest BCUT2D eigenvalue weighted by Crippen LogP contribution is 2.33. The van der Waals surface area contributed by atoms with E-state index in [2.05, 4.69) is 10.6 Å². The normalized spacial score (nSPS) is 14.9. The lowest BCUT2D eigenvalue weighted by Gasteiger charge is -2.25. The number of hydrogen-bond donors (Lipinski definition) is 4. The third kappa shape index (κ3) is 7.82. The smallest absolute Gasteiger partial charge is 0.305 e. The molecular formula is C32H32N4O9. The van der Waals surface area contributed by atoms with E-state index in [1.807, 2.05) is 0 Å². The van der Waals surface area contributed by atoms with Gasteiger partial charge in [-0.05, 0) is 61.4 Å². The van der Waals surface area contributed by atoms with Gasteiger partial charge in [0.05, 0.1) is 30.4 Å². The Labute approximate surface area is 258 Å². The average molecular weight is 617 g/mol. The van der Waals surface area contributed by atoms with Crippen molar-refractivity contribution in [1.29, 1.82) is 0 Å². The molecule has 13 heteroatoms. The van der Waals surface area contributed by atoms with Crippen molar-refractivity contribution in [2.24, 2.45) is 0 Å². The Morgan fingerprint density at radius 1 is 1.00 bits per heavy atom. The molecule has 0 aliphatic carbocycles. The average Bonchev–Trinajstić information content (AvgIpc) is 3.12. The zero-order valence-corrected chi connectivity index (χ0v) is 24.6. The van der Waals surface area contributed by atoms with Crippen molar-refractivity contribution in [3.8, 4) is 11.5 Å². The number of nitrogens with one attached hydrogen (secondary N) is 2. The summed E-state index contributed by atoms with van der Waals surface area (Å²) in [6, 6.07) is 15.2. The van der Waals surface area contributed by atoms with Crippen LogP contribution in [-0.4, -0.2) is 77.9 Å². The van der Waals surface area contributed by atoms with Gasteiger partial charge in [-0.15, -0.1) is 0 Å². The first-order valence-electron chi connectivity index (χ1n) is 13.9. The number of hydrogen-bond acceptors (Lipinski definition) is 8. The van der Waals surface area contributed by atoms with Crippen LogP contribution in [0.5, 0.6) is 11.5 Å². The Morgan fingerprint density at radius 3 is 2.24 bits per heavy atom. The second-order valence-corrected chi connectivity index (χ2v) is 10.4. The lowest BCUT2D eigenvalue weighted by molar-refractivity contribution is -0.139. The fourth-order valence-electron chi connectivity index (χ4n) is 4.88. The Morgan fingerprint density at radius 2 is 1.62 bits per heavy atom. The minimum atomic E-state index is -1.35. The van der Waals surface area contributed by atoms with Crippen molar-refractivity contribution in [3.63, 3.8) is 0 Å². The number of aryl methyl sites for hydroxylation is 2. The number of fused-ring (bicyclic) bond motifs is 1. The SMILES string of the molecule is Cc1cc(C(=O)N[C@H]2CN(C(=O)COc3ccccc3)c3ccccc3N(CC(=O)N[C@H](C=O)CC(=O)O)C2=O)cc(C)c1O. The molecule has 13 nitrogen and oxygen atoms in total. The van der Waals surface area contributed by atoms with Gasteiger partial charge in [-0.25, -0.2) is 0 Å². The number of amides is 4. The first-order valence-corrected chi connectivity index (χ1v) is 13.9. The number of benzene rings is 3. The fourth-order valence-corrected chi connectivity index (χ4v) is 4.88. The number of anilines is 2. The summed E-state index contributed by atoms with van der Waals surface area (Å²) in [4.78, 5) is 78.8. The number of carbonyl (C=O) groups is 6. The number of carboxylic acid groups (broad SMARTS) is 1. The minimum Gasteiger partial charge on any atom is -0.507 e. The highest BCUT2D eigenvalue weighted by molar-refractivity contribution is 6.11. The molecule has 0 unspecified atom stereocenters. The molecule has 0 saturated heterocycles. The van der Waals surface area contributed by atoms with E-state index < -0.39 is 61.3 Å². The maximum atomic E-state index is 14.0. The van der Waals surface area contributed by atoms with E-state index in [4.69, 9.17) is 9.84 Å². The first kappa shape index (κ1) is 32.2. The van der Waals surface area contributed by atoms with Crippen molar-refractivity contribution in [2.75, 3.05) is 29.5 Å². The Balaban J connectivity index is 1.68. The van der Waals surface area contributed by atoms with E-state index in [9.17, 15) is 33.9 Å². The third-order valence-corrected chi connectivity index (χ3v) is 7.06. The van der Waals surface area contributed by atoms with Gasteiger partial charge in [-0.3, -0.25) is 28.9 Å². The predicted octanol–water partition coefficient (Wildman–Crippen LogP) is 1.72. The molecule has 3 aromatic rings. The summed E-state index contributed by atoms with van der Waals surface area (Å²) in [5.74, 6) is -3.61. The molecule has 0 spiro atoms. The second kappa shape index (κ2) is 14.2. The van der Waals surface area contributed by atoms with Crippen molar-refractivity contribution >= 4 is 47.3 Å². The van der Waals surface area contributed by atoms with Crippen LogP contribution in [0.3, 0.4) is 0 Å². The van der Waals surface area contributed by atoms with E-state index >= 15 is 0 Å². The lowest BCUT2D eigenvalue weighted by Crippen LogP contribution is -2.55. The van der Waals surface area contributed by atoms with E-state index in [1.165, 1.54) is 23.1 Å². The van der Waals surface area contributed by atoms with Crippen LogP contribution in [0.15, 0.2) is 66.7 Å². The van der Waals surface area contributed by atoms with Crippen molar-refractivity contribution < 1.29 is 43.7 Å². The largest absolute Gasteiger partial charge is 0.507 e. The molecular weight excluding hydrogens is 584 g/mol. The molecule has 4 N–H and O–H groups in total. The zero-order valence-electron chi connectivity index (χ0n) is 24.6. The number of carboxylic acids is 1. The van der Waals surface area contributed by atoms with Gasteiger partial charge in [0.25, 0.3) is 17.7 Å². The number of aromatic hydroxyl groups is 1. The van der Waals surface area contributed by atoms with Crippen LogP contribution in [0.25, 0.3) is 0 Å². The molecule has 1 heterocycles. The van der Waals surface area contributed by atoms with Gasteiger partial charge < -0.3 is 35.3 Å². The summed E-state index contributed by atoms with van der Waals surface area (Å²) < 4.78 is 5.66. The quantitative estimate of drug-likeness (QED) is 0.233. The number of carbonyl (C=O) groups excluding carboxylic acids is 5. The summed E-state index contributed by atoms with van der Waals surface area (Å²) >= 11 is 0. The highest BCUT2D eigenvalue weighted by atomic mass is 16.5. The Bertz CT molecular complexity index is 1600. The summed E-state index contributed by atoms with van der Waals surface area (Å²) in [5.41, 5.74) is 1.47. The van der Waals surface area contributed by atoms with Gasteiger partial charge in [0.15, 0.2) is 6.61 Å². The standard InChI is InChI=1S/C32H32N4O9/c1-19-12-21(13-20(2)30(19)42)31(43)34-24-15-35(28(39)18-45-23-8-4-3-5-9-23)25-10-6-7-11-26(25)36(32(24)44)16-27(38)33-22(17-37)14-29(40)41/h3-13,17,22,24,42H,14-16,18H2,1-2H3,(H,33,38)(H,34,43)(H,40,41)/t22-,24-/m0/s1. The van der Waals surface area contributed by atoms with Crippen molar-refractivity contribution in [1.82, 2.24) is 10.6 Å². The molecule has 0 fully saturated rings. The number of aliphatic carboxylic acids is 1. The summed E-state index contributed by atoms with van der Waals surface area (Å²) in [5, 5.41) is 24.1. The van der Waals surface area contributed by atoms with E-state index in [-0.39, 0.29) is 35.5 Å². The van der Waals surface area contributed by atoms with Crippen LogP contribution in [-0.2, 0) is 24.0 Å². The van der Waals surface area contributed by atoms with Crippen LogP contribution >= 0.6 is 0 Å². The maximum absolute atomic E-state index is 14.0. The molecule has 2 atom stereocenters. The summed E-state index contributed by atoms with van der Waals surface area (Å²) in [6.07, 6.45) is -0.379. The molecule has 0 bridgehead atoms. The monoisotopic (exact) mass is 616 g/mol. The lowest BCUT2D eigenvalue weighted by atomic mass is 10.0. The molecule has 0 saturated carbocycles. The number of phenolic OH excluding ortho intramolecular Hbond substituents is 1. The Kier molecular flexibility index (Phi) is 10.1. The topological polar surface area (TPSA) is 183 Å². The fraction of sp³-hybridized carbons (Fsp3) is 0.250. The van der Waals surface area contributed by atoms with Gasteiger partial charge in [0.1, 0.15) is 30.4 Å². The van der Waals surface area contributed by atoms with Gasteiger partial charge in [0.2, 0.25) is 5.91 Å². The van der Waals surface area contributed by atoms with E-state index in [0.29, 0.717) is 16.9 Å². The summed E-state index contributed by atoms with van der Waals surface area (Å²) in [6.45, 7) is 1.88. The molecule has 1 aliphatic heterocycles. The van der Waals surface area contributed by atoms with Crippen LogP contribution in [0.4, 0.5) is 11.4 Å². The van der Waals surface area contributed by atoms with Gasteiger partial charge in [-0.1, -0.05) is 30.3 Å². The van der Waals surface area contributed by atoms with Crippen molar-refractivity contribution in [3.05, 3.63) is 83.4 Å². The van der Waals surface area contributed by atoms with E-state index in [0.717, 1.165) is 4.90 Å². The Hall–Kier alpha value is -5.72. The summed E-state index contributed by atoms with van der Waals surface area (Å²) in [7, 11) is 0. The second-order valence-electron chi connectivity index (χ2n) is 10.4. The molecule has 0 radical (unpaired) electrons. The minimum absolute atomic E-state index is 0.0245. The molecule has 3 aromatic carbocycles. The van der Waals surface area contributed by atoms with Gasteiger partial charge in [-0.2, -0.15) is 0 Å². The molecule has 45 heavy (non-hydrogen) atoms. The van der Waals surface area contributed by atoms with Crippen LogP contribution in [0.1, 0.15) is 27.9 Å². The van der Waals surface area contributed by atoms with Gasteiger partial charge >= 0.3 is 5.97 Å². The van der Waals surface area contributed by atoms with Crippen molar-refractivity contribution in [2.45, 2.75) is 32.4 Å². The number of aldehydes is 1. The molecule has 4 rings (SSSR count). The van der Waals surface area contributed by atoms with Crippen LogP contribution < -0.4 is 25.2 Å². The number of rotatable bonds is 11. The highest BCUT2D eigenvalue weighted by Gasteiger charge is 2.38. The maximum Gasteiger partial charge on any atom is 0.305 e. The predicted molar refractivity (Wildman–Crippen MR) is 162 cm³/mol. The first-order chi connectivity index (χ1) is 21.5. The van der Waals surface area contributed by atoms with Crippen LogP contribution in [0.2, 0.25) is 0 Å². The number of ether oxygens (including phenoxy) is 1. The van der Waals surface area contributed by atoms with Gasteiger partial charge in [0, 0.05) is 5.56 Å². The van der Waals surface area contributed by atoms with Crippen LogP contribution in [0, 0.1) is 13.8 Å². The molecule has 4 amide bonds. The number of phenols is 1. The zero-order chi connectivity index (χ0) is 32.7. The molecule has 234 valence electrons. The molecule has 0 aromatic heterocycles.